The summed E-state index contributed by atoms with van der Waals surface area (Å²) in [6, 6.07) is 0. The predicted octanol–water partition coefficient (Wildman–Crippen LogP) is 22.2. The van der Waals surface area contributed by atoms with E-state index in [9.17, 15) is 43.2 Å². The molecular formula is C79H140O17P2. The summed E-state index contributed by atoms with van der Waals surface area (Å²) in [7, 11) is -9.95. The molecule has 0 amide bonds. The quantitative estimate of drug-likeness (QED) is 0.0169. The van der Waals surface area contributed by atoms with Crippen LogP contribution in [0.25, 0.3) is 0 Å². The Bertz CT molecular complexity index is 2190. The number of phosphoric ester groups is 2. The van der Waals surface area contributed by atoms with Gasteiger partial charge in [-0.3, -0.25) is 37.3 Å². The second-order valence-corrected chi connectivity index (χ2v) is 28.8. The van der Waals surface area contributed by atoms with Crippen LogP contribution in [0.1, 0.15) is 336 Å². The molecule has 568 valence electrons. The van der Waals surface area contributed by atoms with Crippen LogP contribution in [0.4, 0.5) is 0 Å². The first kappa shape index (κ1) is 94.2. The third-order valence-electron chi connectivity index (χ3n) is 16.3. The van der Waals surface area contributed by atoms with Crippen molar-refractivity contribution in [2.45, 2.75) is 354 Å². The molecule has 19 heteroatoms. The molecule has 0 fully saturated rings. The van der Waals surface area contributed by atoms with Crippen molar-refractivity contribution in [2.24, 2.45) is 0 Å². The van der Waals surface area contributed by atoms with Gasteiger partial charge in [-0.15, -0.1) is 0 Å². The van der Waals surface area contributed by atoms with Crippen LogP contribution < -0.4 is 0 Å². The van der Waals surface area contributed by atoms with E-state index in [-0.39, 0.29) is 25.7 Å². The maximum absolute atomic E-state index is 13.1. The van der Waals surface area contributed by atoms with E-state index in [1.54, 1.807) is 0 Å². The van der Waals surface area contributed by atoms with Crippen LogP contribution in [0.5, 0.6) is 0 Å². The van der Waals surface area contributed by atoms with Gasteiger partial charge in [0.25, 0.3) is 0 Å². The smallest absolute Gasteiger partial charge is 0.462 e. The van der Waals surface area contributed by atoms with Gasteiger partial charge in [0.15, 0.2) is 12.2 Å². The zero-order chi connectivity index (χ0) is 71.8. The first-order chi connectivity index (χ1) is 47.7. The lowest BCUT2D eigenvalue weighted by Crippen LogP contribution is -2.30. The second-order valence-electron chi connectivity index (χ2n) is 25.9. The molecule has 0 aromatic carbocycles. The maximum atomic E-state index is 13.1. The minimum Gasteiger partial charge on any atom is -0.462 e. The lowest BCUT2D eigenvalue weighted by molar-refractivity contribution is -0.161. The third-order valence-corrected chi connectivity index (χ3v) is 18.2. The van der Waals surface area contributed by atoms with Crippen LogP contribution in [0.2, 0.25) is 0 Å². The van der Waals surface area contributed by atoms with E-state index in [0.717, 1.165) is 154 Å². The van der Waals surface area contributed by atoms with Crippen molar-refractivity contribution in [1.82, 2.24) is 0 Å². The molecule has 0 saturated carbocycles. The van der Waals surface area contributed by atoms with Gasteiger partial charge in [0, 0.05) is 25.7 Å². The minimum absolute atomic E-state index is 0.0741. The molecule has 0 aromatic heterocycles. The number of phosphoric acid groups is 2. The van der Waals surface area contributed by atoms with Gasteiger partial charge in [0.05, 0.1) is 26.4 Å². The summed E-state index contributed by atoms with van der Waals surface area (Å²) in [5, 5.41) is 10.6. The fourth-order valence-corrected chi connectivity index (χ4v) is 12.0. The Labute approximate surface area is 595 Å². The summed E-state index contributed by atoms with van der Waals surface area (Å²) < 4.78 is 68.5. The number of carbonyl (C=O) groups excluding carboxylic acids is 4. The highest BCUT2D eigenvalue weighted by molar-refractivity contribution is 7.47. The molecule has 0 radical (unpaired) electrons. The Hall–Kier alpha value is -3.76. The average Bonchev–Trinajstić information content (AvgIpc) is 0.986. The number of hydrogen-bond donors (Lipinski definition) is 3. The number of unbranched alkanes of at least 4 members (excludes halogenated alkanes) is 33. The Morgan fingerprint density at radius 1 is 0.296 bits per heavy atom. The molecule has 5 unspecified atom stereocenters. The molecular weight excluding hydrogens is 1280 g/mol. The minimum atomic E-state index is -4.98. The van der Waals surface area contributed by atoms with E-state index in [2.05, 4.69) is 113 Å². The van der Waals surface area contributed by atoms with Gasteiger partial charge in [-0.1, -0.05) is 280 Å². The van der Waals surface area contributed by atoms with Crippen molar-refractivity contribution in [3.63, 3.8) is 0 Å². The number of rotatable bonds is 73. The summed E-state index contributed by atoms with van der Waals surface area (Å²) in [5.41, 5.74) is 0. The van der Waals surface area contributed by atoms with Gasteiger partial charge in [-0.2, -0.15) is 0 Å². The van der Waals surface area contributed by atoms with Crippen molar-refractivity contribution in [3.05, 3.63) is 85.1 Å². The summed E-state index contributed by atoms with van der Waals surface area (Å²) in [5.74, 6) is -2.21. The average molecular weight is 1420 g/mol. The summed E-state index contributed by atoms with van der Waals surface area (Å²) >= 11 is 0. The predicted molar refractivity (Wildman–Crippen MR) is 399 cm³/mol. The molecule has 3 N–H and O–H groups in total. The molecule has 0 heterocycles. The summed E-state index contributed by atoms with van der Waals surface area (Å²) in [6.07, 6.45) is 72.8. The molecule has 0 aliphatic rings. The van der Waals surface area contributed by atoms with Crippen LogP contribution >= 0.6 is 15.6 Å². The molecule has 0 rings (SSSR count). The Balaban J connectivity index is 5.34. The number of aliphatic hydroxyl groups excluding tert-OH is 1. The molecule has 0 aliphatic heterocycles. The van der Waals surface area contributed by atoms with E-state index in [0.29, 0.717) is 25.7 Å². The number of hydrogen-bond acceptors (Lipinski definition) is 15. The summed E-state index contributed by atoms with van der Waals surface area (Å²) in [4.78, 5) is 72.8. The van der Waals surface area contributed by atoms with Crippen LogP contribution in [0, 0.1) is 0 Å². The highest BCUT2D eigenvalue weighted by Gasteiger charge is 2.30. The molecule has 98 heavy (non-hydrogen) atoms. The molecule has 17 nitrogen and oxygen atoms in total. The zero-order valence-electron chi connectivity index (χ0n) is 62.0. The SMILES string of the molecule is CC/C=C\C/C=C\C/C=C\C/C=C\CCCCCCC(=O)OCC(COP(=O)(O)OCC(O)COP(=O)(O)OCC(COC(=O)CCCCCCCCCCCCCCCCC)OC(=O)CCCCCCC/C=C\CCCC)OC(=O)CCCCCCC/C=C\C/C=C\CCCCC. The number of allylic oxidation sites excluding steroid dienone is 14. The largest absolute Gasteiger partial charge is 0.472 e. The molecule has 0 bridgehead atoms. The molecule has 0 aliphatic carbocycles. The van der Waals surface area contributed by atoms with Gasteiger partial charge in [-0.05, 0) is 116 Å². The van der Waals surface area contributed by atoms with Crippen molar-refractivity contribution in [2.75, 3.05) is 39.6 Å². The number of carbonyl (C=O) groups is 4. The number of aliphatic hydroxyl groups is 1. The van der Waals surface area contributed by atoms with Crippen LogP contribution in [-0.2, 0) is 65.4 Å². The van der Waals surface area contributed by atoms with E-state index in [1.807, 2.05) is 0 Å². The monoisotopic (exact) mass is 1420 g/mol. The van der Waals surface area contributed by atoms with Crippen LogP contribution in [0.3, 0.4) is 0 Å². The topological polar surface area (TPSA) is 237 Å². The van der Waals surface area contributed by atoms with Gasteiger partial charge in [-0.25, -0.2) is 9.13 Å². The van der Waals surface area contributed by atoms with E-state index in [4.69, 9.17) is 37.0 Å². The lowest BCUT2D eigenvalue weighted by Gasteiger charge is -2.21. The van der Waals surface area contributed by atoms with Crippen LogP contribution in [-0.4, -0.2) is 96.7 Å². The van der Waals surface area contributed by atoms with E-state index >= 15 is 0 Å². The molecule has 0 saturated heterocycles. The van der Waals surface area contributed by atoms with Crippen LogP contribution in [0.15, 0.2) is 85.1 Å². The van der Waals surface area contributed by atoms with Crippen molar-refractivity contribution in [3.8, 4) is 0 Å². The normalized spacial score (nSPS) is 14.4. The molecule has 0 spiro atoms. The first-order valence-electron chi connectivity index (χ1n) is 38.8. The third kappa shape index (κ3) is 70.7. The fourth-order valence-electron chi connectivity index (χ4n) is 10.4. The molecule has 0 aromatic rings. The summed E-state index contributed by atoms with van der Waals surface area (Å²) in [6.45, 7) is 4.68. The van der Waals surface area contributed by atoms with E-state index < -0.39 is 97.5 Å². The fraction of sp³-hybridized carbons (Fsp3) is 0.772. The first-order valence-corrected chi connectivity index (χ1v) is 41.8. The van der Waals surface area contributed by atoms with Gasteiger partial charge < -0.3 is 33.8 Å². The van der Waals surface area contributed by atoms with Gasteiger partial charge in [0.1, 0.15) is 19.3 Å². The number of ether oxygens (including phenoxy) is 4. The van der Waals surface area contributed by atoms with Crippen molar-refractivity contribution in [1.29, 1.82) is 0 Å². The zero-order valence-corrected chi connectivity index (χ0v) is 63.7. The Kier molecular flexibility index (Phi) is 68.9. The standard InChI is InChI=1S/C79H140O17P2/c1-5-9-13-17-21-25-29-32-35-36-39-41-45-48-52-56-60-64-77(82)90-70-75(96-79(84)66-62-58-54-50-46-42-38-34-31-27-23-19-15-11-7-3)72-94-98(87,88)92-68-73(80)67-91-97(85,86)93-71-74(95-78(83)65-61-57-53-49-43-28-24-20-16-12-8-4)69-89-76(81)63-59-55-51-47-44-40-37-33-30-26-22-18-14-10-6-2/h9,13,20-21,23-25,27,32,34-35,38-39,41,73-75,80H,5-8,10-12,14-19,22,26,28-31,33,36-37,40,42-72H2,1-4H3,(H,85,86)(H,87,88)/b13-9-,24-20-,25-21-,27-23-,35-32-,38-34-,41-39-. The van der Waals surface area contributed by atoms with Gasteiger partial charge in [0.2, 0.25) is 0 Å². The number of esters is 4. The Morgan fingerprint density at radius 2 is 0.541 bits per heavy atom. The van der Waals surface area contributed by atoms with E-state index in [1.165, 1.54) is 103 Å². The van der Waals surface area contributed by atoms with Crippen molar-refractivity contribution < 1.29 is 80.2 Å². The van der Waals surface area contributed by atoms with Crippen molar-refractivity contribution >= 4 is 39.5 Å². The molecule has 5 atom stereocenters. The highest BCUT2D eigenvalue weighted by Crippen LogP contribution is 2.45. The highest BCUT2D eigenvalue weighted by atomic mass is 31.2. The second kappa shape index (κ2) is 71.6. The lowest BCUT2D eigenvalue weighted by atomic mass is 10.0. The van der Waals surface area contributed by atoms with Gasteiger partial charge >= 0.3 is 39.5 Å². The maximum Gasteiger partial charge on any atom is 0.472 e. The Morgan fingerprint density at radius 3 is 0.878 bits per heavy atom.